The lowest BCUT2D eigenvalue weighted by molar-refractivity contribution is -0.122. The Labute approximate surface area is 156 Å². The Morgan fingerprint density at radius 1 is 1.23 bits per heavy atom. The first kappa shape index (κ1) is 18.3. The van der Waals surface area contributed by atoms with Crippen molar-refractivity contribution in [1.29, 1.82) is 0 Å². The van der Waals surface area contributed by atoms with Crippen LogP contribution in [0.25, 0.3) is 21.3 Å². The van der Waals surface area contributed by atoms with E-state index >= 15 is 0 Å². The average Bonchev–Trinajstić information content (AvgIpc) is 3.07. The lowest BCUT2D eigenvalue weighted by atomic mass is 10.1. The molecule has 3 N–H and O–H groups in total. The largest absolute Gasteiger partial charge is 0.394 e. The van der Waals surface area contributed by atoms with Crippen molar-refractivity contribution in [1.82, 2.24) is 15.3 Å². The molecule has 26 heavy (non-hydrogen) atoms. The Hall–Kier alpha value is -2.51. The summed E-state index contributed by atoms with van der Waals surface area (Å²) in [6, 6.07) is 10.1. The van der Waals surface area contributed by atoms with Crippen LogP contribution in [0.2, 0.25) is 0 Å². The normalized spacial score (nSPS) is 11.5. The highest BCUT2D eigenvalue weighted by atomic mass is 32.1. The number of aliphatic hydroxyl groups is 1. The highest BCUT2D eigenvalue weighted by molar-refractivity contribution is 7.17. The van der Waals surface area contributed by atoms with Gasteiger partial charge in [-0.05, 0) is 19.4 Å². The predicted octanol–water partition coefficient (Wildman–Crippen LogP) is 3.05. The van der Waals surface area contributed by atoms with Gasteiger partial charge in [0.25, 0.3) is 0 Å². The Bertz CT molecular complexity index is 893. The van der Waals surface area contributed by atoms with Gasteiger partial charge in [0.1, 0.15) is 17.0 Å². The number of fused-ring (bicyclic) bond motifs is 1. The molecule has 0 spiro atoms. The SMILES string of the molecule is CC(C)(CO)NC(=O)CCNc1ncnc2scc(-c3ccccc3)c12. The summed E-state index contributed by atoms with van der Waals surface area (Å²) in [6.07, 6.45) is 1.82. The summed E-state index contributed by atoms with van der Waals surface area (Å²) < 4.78 is 0. The van der Waals surface area contributed by atoms with E-state index in [2.05, 4.69) is 38.1 Å². The summed E-state index contributed by atoms with van der Waals surface area (Å²) in [6.45, 7) is 3.91. The van der Waals surface area contributed by atoms with Crippen LogP contribution in [0, 0.1) is 0 Å². The number of thiophene rings is 1. The second kappa shape index (κ2) is 7.80. The minimum absolute atomic E-state index is 0.103. The summed E-state index contributed by atoms with van der Waals surface area (Å²) >= 11 is 1.58. The highest BCUT2D eigenvalue weighted by Gasteiger charge is 2.19. The van der Waals surface area contributed by atoms with Crippen molar-refractivity contribution in [2.45, 2.75) is 25.8 Å². The molecule has 0 atom stereocenters. The van der Waals surface area contributed by atoms with Crippen molar-refractivity contribution in [2.24, 2.45) is 0 Å². The molecule has 0 saturated heterocycles. The van der Waals surface area contributed by atoms with Crippen molar-refractivity contribution in [2.75, 3.05) is 18.5 Å². The number of carbonyl (C=O) groups is 1. The Balaban J connectivity index is 1.75. The monoisotopic (exact) mass is 370 g/mol. The summed E-state index contributed by atoms with van der Waals surface area (Å²) in [7, 11) is 0. The number of anilines is 1. The van der Waals surface area contributed by atoms with E-state index in [4.69, 9.17) is 0 Å². The van der Waals surface area contributed by atoms with Gasteiger partial charge >= 0.3 is 0 Å². The van der Waals surface area contributed by atoms with Gasteiger partial charge in [0.15, 0.2) is 0 Å². The van der Waals surface area contributed by atoms with Crippen LogP contribution in [0.15, 0.2) is 42.0 Å². The van der Waals surface area contributed by atoms with Gasteiger partial charge in [0, 0.05) is 23.9 Å². The maximum atomic E-state index is 12.0. The Kier molecular flexibility index (Phi) is 5.49. The lowest BCUT2D eigenvalue weighted by Crippen LogP contribution is -2.46. The summed E-state index contributed by atoms with van der Waals surface area (Å²) in [5, 5.41) is 18.3. The van der Waals surface area contributed by atoms with Crippen LogP contribution < -0.4 is 10.6 Å². The van der Waals surface area contributed by atoms with Crippen molar-refractivity contribution in [3.63, 3.8) is 0 Å². The maximum Gasteiger partial charge on any atom is 0.222 e. The number of aliphatic hydroxyl groups excluding tert-OH is 1. The predicted molar refractivity (Wildman–Crippen MR) is 105 cm³/mol. The van der Waals surface area contributed by atoms with Gasteiger partial charge in [-0.15, -0.1) is 11.3 Å². The molecule has 0 aliphatic rings. The number of aromatic nitrogens is 2. The number of rotatable bonds is 7. The standard InChI is InChI=1S/C19H22N4O2S/c1-19(2,11-24)23-15(25)8-9-20-17-16-14(13-6-4-3-5-7-13)10-26-18(16)22-12-21-17/h3-7,10,12,24H,8-9,11H2,1-2H3,(H,23,25)(H,20,21,22). The van der Waals surface area contributed by atoms with Gasteiger partial charge in [0.2, 0.25) is 5.91 Å². The third-order valence-electron chi connectivity index (χ3n) is 3.97. The molecule has 1 aromatic carbocycles. The minimum Gasteiger partial charge on any atom is -0.394 e. The fourth-order valence-corrected chi connectivity index (χ4v) is 3.53. The first-order chi connectivity index (χ1) is 12.5. The molecule has 136 valence electrons. The molecule has 0 saturated carbocycles. The molecular weight excluding hydrogens is 348 g/mol. The van der Waals surface area contributed by atoms with E-state index in [1.807, 2.05) is 18.2 Å². The van der Waals surface area contributed by atoms with E-state index < -0.39 is 5.54 Å². The molecular formula is C19H22N4O2S. The number of hydrogen-bond donors (Lipinski definition) is 3. The zero-order chi connectivity index (χ0) is 18.6. The number of nitrogens with zero attached hydrogens (tertiary/aromatic N) is 2. The fraction of sp³-hybridized carbons (Fsp3) is 0.316. The van der Waals surface area contributed by atoms with Crippen molar-refractivity contribution >= 4 is 33.3 Å². The third kappa shape index (κ3) is 4.17. The van der Waals surface area contributed by atoms with Crippen LogP contribution in [0.5, 0.6) is 0 Å². The first-order valence-electron chi connectivity index (χ1n) is 8.43. The zero-order valence-corrected chi connectivity index (χ0v) is 15.6. The Morgan fingerprint density at radius 3 is 2.73 bits per heavy atom. The second-order valence-electron chi connectivity index (χ2n) is 6.68. The van der Waals surface area contributed by atoms with E-state index in [9.17, 15) is 9.90 Å². The molecule has 0 bridgehead atoms. The van der Waals surface area contributed by atoms with Crippen molar-refractivity contribution < 1.29 is 9.90 Å². The maximum absolute atomic E-state index is 12.0. The highest BCUT2D eigenvalue weighted by Crippen LogP contribution is 2.36. The summed E-state index contributed by atoms with van der Waals surface area (Å²) in [4.78, 5) is 21.6. The van der Waals surface area contributed by atoms with Gasteiger partial charge in [-0.1, -0.05) is 30.3 Å². The molecule has 7 heteroatoms. The molecule has 3 rings (SSSR count). The van der Waals surface area contributed by atoms with Crippen LogP contribution in [-0.2, 0) is 4.79 Å². The fourth-order valence-electron chi connectivity index (χ4n) is 2.61. The van der Waals surface area contributed by atoms with E-state index in [0.29, 0.717) is 13.0 Å². The zero-order valence-electron chi connectivity index (χ0n) is 14.8. The van der Waals surface area contributed by atoms with Crippen LogP contribution in [0.1, 0.15) is 20.3 Å². The van der Waals surface area contributed by atoms with Crippen LogP contribution in [0.4, 0.5) is 5.82 Å². The molecule has 0 fully saturated rings. The molecule has 0 aliphatic carbocycles. The molecule has 1 amide bonds. The number of nitrogens with one attached hydrogen (secondary N) is 2. The molecule has 2 heterocycles. The quantitative estimate of drug-likeness (QED) is 0.595. The number of benzene rings is 1. The topological polar surface area (TPSA) is 87.1 Å². The Morgan fingerprint density at radius 2 is 2.00 bits per heavy atom. The van der Waals surface area contributed by atoms with Gasteiger partial charge in [-0.3, -0.25) is 4.79 Å². The van der Waals surface area contributed by atoms with Crippen LogP contribution >= 0.6 is 11.3 Å². The smallest absolute Gasteiger partial charge is 0.222 e. The molecule has 0 radical (unpaired) electrons. The molecule has 3 aromatic rings. The minimum atomic E-state index is -0.618. The van der Waals surface area contributed by atoms with Gasteiger partial charge in [0.05, 0.1) is 17.5 Å². The van der Waals surface area contributed by atoms with Gasteiger partial charge in [-0.2, -0.15) is 0 Å². The van der Waals surface area contributed by atoms with Crippen LogP contribution in [0.3, 0.4) is 0 Å². The third-order valence-corrected chi connectivity index (χ3v) is 4.86. The lowest BCUT2D eigenvalue weighted by Gasteiger charge is -2.23. The molecule has 2 aromatic heterocycles. The van der Waals surface area contributed by atoms with Crippen molar-refractivity contribution in [3.8, 4) is 11.1 Å². The average molecular weight is 370 g/mol. The number of carbonyl (C=O) groups excluding carboxylic acids is 1. The number of hydrogen-bond acceptors (Lipinski definition) is 6. The first-order valence-corrected chi connectivity index (χ1v) is 9.31. The van der Waals surface area contributed by atoms with Crippen molar-refractivity contribution in [3.05, 3.63) is 42.0 Å². The van der Waals surface area contributed by atoms with Gasteiger partial charge in [-0.25, -0.2) is 9.97 Å². The van der Waals surface area contributed by atoms with E-state index in [0.717, 1.165) is 27.2 Å². The van der Waals surface area contributed by atoms with Crippen LogP contribution in [-0.4, -0.2) is 39.7 Å². The molecule has 6 nitrogen and oxygen atoms in total. The second-order valence-corrected chi connectivity index (χ2v) is 7.54. The van der Waals surface area contributed by atoms with E-state index in [1.165, 1.54) is 6.33 Å². The van der Waals surface area contributed by atoms with E-state index in [-0.39, 0.29) is 12.5 Å². The molecule has 0 aliphatic heterocycles. The molecule has 0 unspecified atom stereocenters. The van der Waals surface area contributed by atoms with E-state index in [1.54, 1.807) is 25.2 Å². The summed E-state index contributed by atoms with van der Waals surface area (Å²) in [5.41, 5.74) is 1.58. The number of amides is 1. The summed E-state index contributed by atoms with van der Waals surface area (Å²) in [5.74, 6) is 0.611. The van der Waals surface area contributed by atoms with Gasteiger partial charge < -0.3 is 15.7 Å².